The van der Waals surface area contributed by atoms with E-state index in [-0.39, 0.29) is 5.56 Å². The van der Waals surface area contributed by atoms with E-state index in [1.807, 2.05) is 30.3 Å². The molecule has 8 heteroatoms. The maximum absolute atomic E-state index is 11.9. The van der Waals surface area contributed by atoms with Crippen molar-refractivity contribution >= 4 is 34.8 Å². The smallest absolute Gasteiger partial charge is 0.256 e. The summed E-state index contributed by atoms with van der Waals surface area (Å²) in [5, 5.41) is 13.7. The van der Waals surface area contributed by atoms with E-state index in [9.17, 15) is 4.79 Å². The van der Waals surface area contributed by atoms with Crippen LogP contribution in [0.1, 0.15) is 15.9 Å². The van der Waals surface area contributed by atoms with Gasteiger partial charge in [-0.2, -0.15) is 5.10 Å². The zero-order valence-corrected chi connectivity index (χ0v) is 14.8. The zero-order valence-electron chi connectivity index (χ0n) is 14.0. The average Bonchev–Trinajstić information content (AvgIpc) is 3.03. The summed E-state index contributed by atoms with van der Waals surface area (Å²) in [4.78, 5) is 11.9. The lowest BCUT2D eigenvalue weighted by molar-refractivity contribution is 0.100. The van der Waals surface area contributed by atoms with Crippen molar-refractivity contribution in [3.8, 4) is 5.75 Å². The van der Waals surface area contributed by atoms with Gasteiger partial charge < -0.3 is 21.1 Å². The normalized spacial score (nSPS) is 10.4. The third kappa shape index (κ3) is 4.07. The van der Waals surface area contributed by atoms with Gasteiger partial charge in [-0.1, -0.05) is 29.8 Å². The molecule has 0 saturated heterocycles. The van der Waals surface area contributed by atoms with Crippen molar-refractivity contribution < 1.29 is 9.53 Å². The van der Waals surface area contributed by atoms with Crippen LogP contribution >= 0.6 is 11.6 Å². The van der Waals surface area contributed by atoms with Gasteiger partial charge in [0.2, 0.25) is 0 Å². The van der Waals surface area contributed by atoms with Crippen molar-refractivity contribution in [2.75, 3.05) is 17.7 Å². The molecule has 1 aromatic heterocycles. The Morgan fingerprint density at radius 3 is 2.81 bits per heavy atom. The molecule has 0 aliphatic heterocycles. The van der Waals surface area contributed by atoms with Crippen LogP contribution in [-0.4, -0.2) is 23.2 Å². The number of primary amides is 1. The number of hydrogen-bond donors (Lipinski definition) is 4. The highest BCUT2D eigenvalue weighted by Crippen LogP contribution is 2.26. The van der Waals surface area contributed by atoms with Crippen molar-refractivity contribution in [2.45, 2.75) is 6.54 Å². The average molecular weight is 372 g/mol. The number of rotatable bonds is 7. The number of nitrogens with zero attached hydrogens (tertiary/aromatic N) is 1. The highest BCUT2D eigenvalue weighted by Gasteiger charge is 2.18. The fraction of sp³-hybridized carbons (Fsp3) is 0.111. The van der Waals surface area contributed by atoms with Crippen LogP contribution < -0.4 is 21.1 Å². The lowest BCUT2D eigenvalue weighted by Crippen LogP contribution is -2.15. The van der Waals surface area contributed by atoms with Gasteiger partial charge in [0, 0.05) is 17.3 Å². The summed E-state index contributed by atoms with van der Waals surface area (Å²) in [6.45, 7) is 0.457. The Morgan fingerprint density at radius 1 is 1.27 bits per heavy atom. The van der Waals surface area contributed by atoms with Crippen LogP contribution in [0.2, 0.25) is 5.02 Å². The number of benzene rings is 2. The van der Waals surface area contributed by atoms with Crippen LogP contribution in [0.3, 0.4) is 0 Å². The Bertz CT molecular complexity index is 925. The van der Waals surface area contributed by atoms with Crippen molar-refractivity contribution in [2.24, 2.45) is 5.73 Å². The molecule has 1 heterocycles. The molecule has 3 aromatic rings. The fourth-order valence-corrected chi connectivity index (χ4v) is 2.67. The van der Waals surface area contributed by atoms with Gasteiger partial charge in [0.05, 0.1) is 7.11 Å². The second kappa shape index (κ2) is 7.79. The van der Waals surface area contributed by atoms with Gasteiger partial charge in [-0.05, 0) is 35.9 Å². The molecule has 0 unspecified atom stereocenters. The molecule has 0 radical (unpaired) electrons. The SMILES string of the molecule is COc1cccc(CNc2n[nH]c(Nc3cccc(Cl)c3)c2C(N)=O)c1. The summed E-state index contributed by atoms with van der Waals surface area (Å²) < 4.78 is 5.20. The summed E-state index contributed by atoms with van der Waals surface area (Å²) in [6.07, 6.45) is 0. The molecular weight excluding hydrogens is 354 g/mol. The number of aromatic amines is 1. The molecule has 0 spiro atoms. The van der Waals surface area contributed by atoms with E-state index in [0.717, 1.165) is 11.3 Å². The Labute approximate surface area is 155 Å². The molecule has 3 rings (SSSR count). The minimum absolute atomic E-state index is 0.243. The molecule has 0 fully saturated rings. The summed E-state index contributed by atoms with van der Waals surface area (Å²) >= 11 is 5.98. The predicted octanol–water partition coefficient (Wildman–Crippen LogP) is 3.53. The quantitative estimate of drug-likeness (QED) is 0.508. The zero-order chi connectivity index (χ0) is 18.5. The van der Waals surface area contributed by atoms with E-state index in [2.05, 4.69) is 20.8 Å². The summed E-state index contributed by atoms with van der Waals surface area (Å²) in [5.41, 5.74) is 7.47. The van der Waals surface area contributed by atoms with Gasteiger partial charge >= 0.3 is 0 Å². The molecular formula is C18H18ClN5O2. The number of carbonyl (C=O) groups excluding carboxylic acids is 1. The molecule has 0 bridgehead atoms. The molecule has 0 atom stereocenters. The predicted molar refractivity (Wildman–Crippen MR) is 102 cm³/mol. The largest absolute Gasteiger partial charge is 0.497 e. The molecule has 0 saturated carbocycles. The van der Waals surface area contributed by atoms with E-state index in [1.165, 1.54) is 0 Å². The minimum Gasteiger partial charge on any atom is -0.497 e. The van der Waals surface area contributed by atoms with Crippen LogP contribution in [0.5, 0.6) is 5.75 Å². The molecule has 7 nitrogen and oxygen atoms in total. The van der Waals surface area contributed by atoms with Gasteiger partial charge in [0.15, 0.2) is 5.82 Å². The standard InChI is InChI=1S/C18H18ClN5O2/c1-26-14-7-2-4-11(8-14)10-21-17-15(16(20)25)18(24-23-17)22-13-6-3-5-12(19)9-13/h2-9H,10H2,1H3,(H2,20,25)(H3,21,22,23,24). The molecule has 0 aliphatic carbocycles. The Morgan fingerprint density at radius 2 is 2.08 bits per heavy atom. The molecule has 0 aliphatic rings. The van der Waals surface area contributed by atoms with Gasteiger partial charge in [-0.3, -0.25) is 9.89 Å². The second-order valence-corrected chi connectivity index (χ2v) is 5.96. The van der Waals surface area contributed by atoms with Crippen molar-refractivity contribution in [3.63, 3.8) is 0 Å². The number of anilines is 3. The van der Waals surface area contributed by atoms with E-state index >= 15 is 0 Å². The summed E-state index contributed by atoms with van der Waals surface area (Å²) in [6, 6.07) is 14.7. The number of nitrogens with one attached hydrogen (secondary N) is 3. The number of amides is 1. The van der Waals surface area contributed by atoms with E-state index < -0.39 is 5.91 Å². The summed E-state index contributed by atoms with van der Waals surface area (Å²) in [7, 11) is 1.61. The highest BCUT2D eigenvalue weighted by molar-refractivity contribution is 6.30. The van der Waals surface area contributed by atoms with Crippen molar-refractivity contribution in [3.05, 3.63) is 64.7 Å². The Hall–Kier alpha value is -3.19. The third-order valence-corrected chi connectivity index (χ3v) is 3.94. The number of carbonyl (C=O) groups is 1. The highest BCUT2D eigenvalue weighted by atomic mass is 35.5. The minimum atomic E-state index is -0.601. The number of ether oxygens (including phenoxy) is 1. The molecule has 26 heavy (non-hydrogen) atoms. The van der Waals surface area contributed by atoms with Crippen LogP contribution in [-0.2, 0) is 6.54 Å². The van der Waals surface area contributed by atoms with Gasteiger partial charge in [0.25, 0.3) is 5.91 Å². The van der Waals surface area contributed by atoms with Gasteiger partial charge in [0.1, 0.15) is 17.1 Å². The molecule has 5 N–H and O–H groups in total. The lowest BCUT2D eigenvalue weighted by atomic mass is 10.2. The maximum atomic E-state index is 11.9. The topological polar surface area (TPSA) is 105 Å². The van der Waals surface area contributed by atoms with Crippen LogP contribution in [0, 0.1) is 0 Å². The molecule has 2 aromatic carbocycles. The first kappa shape index (κ1) is 17.6. The lowest BCUT2D eigenvalue weighted by Gasteiger charge is -2.08. The Balaban J connectivity index is 1.79. The summed E-state index contributed by atoms with van der Waals surface area (Å²) in [5.74, 6) is 0.916. The van der Waals surface area contributed by atoms with Gasteiger partial charge in [-0.25, -0.2) is 0 Å². The fourth-order valence-electron chi connectivity index (χ4n) is 2.48. The van der Waals surface area contributed by atoms with E-state index in [4.69, 9.17) is 22.1 Å². The molecule has 1 amide bonds. The number of aromatic nitrogens is 2. The Kier molecular flexibility index (Phi) is 5.28. The monoisotopic (exact) mass is 371 g/mol. The number of methoxy groups -OCH3 is 1. The van der Waals surface area contributed by atoms with E-state index in [0.29, 0.717) is 28.9 Å². The first-order valence-electron chi connectivity index (χ1n) is 7.84. The van der Waals surface area contributed by atoms with Crippen molar-refractivity contribution in [1.82, 2.24) is 10.2 Å². The van der Waals surface area contributed by atoms with Gasteiger partial charge in [-0.15, -0.1) is 0 Å². The molecule has 134 valence electrons. The second-order valence-electron chi connectivity index (χ2n) is 5.53. The van der Waals surface area contributed by atoms with Crippen LogP contribution in [0.25, 0.3) is 0 Å². The van der Waals surface area contributed by atoms with E-state index in [1.54, 1.807) is 25.3 Å². The maximum Gasteiger partial charge on any atom is 0.256 e. The number of hydrogen-bond acceptors (Lipinski definition) is 5. The first-order valence-corrected chi connectivity index (χ1v) is 8.22. The van der Waals surface area contributed by atoms with Crippen LogP contribution in [0.15, 0.2) is 48.5 Å². The number of halogens is 1. The first-order chi connectivity index (χ1) is 12.6. The number of H-pyrrole nitrogens is 1. The van der Waals surface area contributed by atoms with Crippen LogP contribution in [0.4, 0.5) is 17.3 Å². The number of nitrogens with two attached hydrogens (primary N) is 1. The third-order valence-electron chi connectivity index (χ3n) is 3.70. The van der Waals surface area contributed by atoms with Crippen molar-refractivity contribution in [1.29, 1.82) is 0 Å².